The molecule has 0 amide bonds. The second-order valence-corrected chi connectivity index (χ2v) is 16.0. The van der Waals surface area contributed by atoms with Crippen molar-refractivity contribution in [3.8, 4) is 21.7 Å². The van der Waals surface area contributed by atoms with Crippen LogP contribution in [-0.4, -0.2) is 31.2 Å². The molecule has 51 heavy (non-hydrogen) atoms. The first-order valence-electron chi connectivity index (χ1n) is 16.5. The molecule has 1 aliphatic rings. The van der Waals surface area contributed by atoms with Gasteiger partial charge in [0, 0.05) is 23.5 Å². The Morgan fingerprint density at radius 3 is 2.16 bits per heavy atom. The molecule has 6 rings (SSSR count). The molecular formula is C39H41N3O5S4. The minimum atomic E-state index is -4.41. The molecule has 0 atom stereocenters. The molecular weight excluding hydrogens is 719 g/mol. The molecule has 3 heterocycles. The van der Waals surface area contributed by atoms with Crippen LogP contribution in [0.25, 0.3) is 33.9 Å². The van der Waals surface area contributed by atoms with E-state index in [4.69, 9.17) is 0 Å². The molecule has 0 saturated heterocycles. The van der Waals surface area contributed by atoms with Crippen molar-refractivity contribution in [2.75, 3.05) is 18.6 Å². The minimum Gasteiger partial charge on any atom is -0.726 e. The summed E-state index contributed by atoms with van der Waals surface area (Å²) in [6, 6.07) is 25.7. The van der Waals surface area contributed by atoms with Crippen molar-refractivity contribution in [2.45, 2.75) is 52.1 Å². The Hall–Kier alpha value is -4.04. The van der Waals surface area contributed by atoms with E-state index in [1.807, 2.05) is 10.6 Å². The lowest BCUT2D eigenvalue weighted by Gasteiger charge is -2.19. The van der Waals surface area contributed by atoms with Crippen LogP contribution in [0.2, 0.25) is 0 Å². The number of allylic oxidation sites excluding steroid dienone is 2. The number of hydrogen-bond donors (Lipinski definition) is 0. The number of benzene rings is 3. The van der Waals surface area contributed by atoms with Gasteiger partial charge in [0.2, 0.25) is 16.1 Å². The smallest absolute Gasteiger partial charge is 0.269 e. The average molecular weight is 760 g/mol. The lowest BCUT2D eigenvalue weighted by atomic mass is 10.1. The number of thiazole rings is 2. The predicted molar refractivity (Wildman–Crippen MR) is 211 cm³/mol. The summed E-state index contributed by atoms with van der Waals surface area (Å²) >= 11 is 5.10. The Morgan fingerprint density at radius 2 is 1.57 bits per heavy atom. The fourth-order valence-corrected chi connectivity index (χ4v) is 9.21. The van der Waals surface area contributed by atoms with E-state index in [0.717, 1.165) is 45.9 Å². The van der Waals surface area contributed by atoms with Crippen LogP contribution in [0.15, 0.2) is 106 Å². The van der Waals surface area contributed by atoms with Crippen molar-refractivity contribution in [1.82, 2.24) is 4.57 Å². The van der Waals surface area contributed by atoms with E-state index >= 15 is 0 Å². The van der Waals surface area contributed by atoms with Gasteiger partial charge in [-0.15, -0.1) is 17.9 Å². The van der Waals surface area contributed by atoms with E-state index in [1.165, 1.54) is 43.4 Å². The zero-order valence-electron chi connectivity index (χ0n) is 29.3. The van der Waals surface area contributed by atoms with Crippen molar-refractivity contribution < 1.29 is 21.7 Å². The summed E-state index contributed by atoms with van der Waals surface area (Å²) in [6.07, 6.45) is 9.16. The summed E-state index contributed by atoms with van der Waals surface area (Å²) < 4.78 is 36.9. The molecule has 1 aliphatic heterocycles. The van der Waals surface area contributed by atoms with E-state index in [0.29, 0.717) is 6.54 Å². The van der Waals surface area contributed by atoms with E-state index in [1.54, 1.807) is 40.5 Å². The van der Waals surface area contributed by atoms with Crippen molar-refractivity contribution >= 4 is 62.7 Å². The number of hydrogen-bond acceptors (Lipinski definition) is 9. The molecule has 2 aromatic heterocycles. The highest BCUT2D eigenvalue weighted by atomic mass is 32.3. The molecule has 0 saturated carbocycles. The van der Waals surface area contributed by atoms with Gasteiger partial charge >= 0.3 is 0 Å². The van der Waals surface area contributed by atoms with Gasteiger partial charge in [0.15, 0.2) is 0 Å². The third-order valence-electron chi connectivity index (χ3n) is 8.23. The van der Waals surface area contributed by atoms with Gasteiger partial charge in [-0.05, 0) is 80.3 Å². The van der Waals surface area contributed by atoms with E-state index in [-0.39, 0.29) is 5.56 Å². The van der Waals surface area contributed by atoms with Crippen molar-refractivity contribution in [3.63, 3.8) is 0 Å². The van der Waals surface area contributed by atoms with Crippen LogP contribution in [0.1, 0.15) is 36.4 Å². The Bertz CT molecular complexity index is 2340. The minimum absolute atomic E-state index is 0.0170. The number of rotatable bonds is 10. The molecule has 0 spiro atoms. The summed E-state index contributed by atoms with van der Waals surface area (Å²) in [7, 11) is -3.60. The SMILES string of the molecule is C=CCn1c(=Cc2sc(-c3ccccc3)c(-c3ccccc3)[n+]2CC)sc(=CC=C2Sc3cc(C)c(C)cc3N2CCC)c1=O.COS(=O)(=O)[O-]. The number of aryl methyl sites for hydroxylation is 2. The summed E-state index contributed by atoms with van der Waals surface area (Å²) in [5.41, 5.74) is 7.46. The molecule has 3 aromatic carbocycles. The van der Waals surface area contributed by atoms with Gasteiger partial charge in [0.05, 0.1) is 28.4 Å². The van der Waals surface area contributed by atoms with Gasteiger partial charge in [-0.2, -0.15) is 4.57 Å². The van der Waals surface area contributed by atoms with Gasteiger partial charge in [-0.1, -0.05) is 84.6 Å². The molecule has 8 nitrogen and oxygen atoms in total. The molecule has 0 radical (unpaired) electrons. The number of thioether (sulfide) groups is 1. The van der Waals surface area contributed by atoms with Gasteiger partial charge in [-0.3, -0.25) is 13.5 Å². The van der Waals surface area contributed by atoms with E-state index < -0.39 is 10.4 Å². The highest BCUT2D eigenvalue weighted by Gasteiger charge is 2.27. The molecule has 0 bridgehead atoms. The third kappa shape index (κ3) is 8.89. The molecule has 0 N–H and O–H groups in total. The van der Waals surface area contributed by atoms with Gasteiger partial charge < -0.3 is 9.45 Å². The maximum atomic E-state index is 13.8. The van der Waals surface area contributed by atoms with Crippen LogP contribution < -0.4 is 24.2 Å². The quantitative estimate of drug-likeness (QED) is 0.0657. The summed E-state index contributed by atoms with van der Waals surface area (Å²) in [6.45, 7) is 14.9. The van der Waals surface area contributed by atoms with Crippen LogP contribution in [0, 0.1) is 13.8 Å². The first-order chi connectivity index (χ1) is 24.5. The molecule has 0 fully saturated rings. The van der Waals surface area contributed by atoms with E-state index in [9.17, 15) is 17.8 Å². The number of aromatic nitrogens is 2. The first-order valence-corrected chi connectivity index (χ1v) is 20.3. The van der Waals surface area contributed by atoms with Crippen molar-refractivity contribution in [2.24, 2.45) is 0 Å². The highest BCUT2D eigenvalue weighted by molar-refractivity contribution is 8.03. The fourth-order valence-electron chi connectivity index (χ4n) is 5.67. The fraction of sp³-hybridized carbons (Fsp3) is 0.231. The van der Waals surface area contributed by atoms with Crippen LogP contribution >= 0.6 is 34.4 Å². The lowest BCUT2D eigenvalue weighted by Crippen LogP contribution is -2.37. The number of nitrogens with zero attached hydrogens (tertiary/aromatic N) is 3. The Morgan fingerprint density at radius 1 is 0.941 bits per heavy atom. The number of fused-ring (bicyclic) bond motifs is 1. The van der Waals surface area contributed by atoms with Crippen molar-refractivity contribution in [3.05, 3.63) is 132 Å². The maximum absolute atomic E-state index is 13.8. The predicted octanol–water partition coefficient (Wildman–Crippen LogP) is 6.98. The van der Waals surface area contributed by atoms with Crippen molar-refractivity contribution in [1.29, 1.82) is 0 Å². The zero-order chi connectivity index (χ0) is 36.7. The second-order valence-electron chi connectivity index (χ2n) is 11.7. The van der Waals surface area contributed by atoms with Crippen LogP contribution in [0.4, 0.5) is 5.69 Å². The highest BCUT2D eigenvalue weighted by Crippen LogP contribution is 2.47. The normalized spacial score (nSPS) is 14.2. The average Bonchev–Trinajstić information content (AvgIpc) is 3.75. The van der Waals surface area contributed by atoms with Crippen LogP contribution in [-0.2, 0) is 27.7 Å². The molecule has 5 aromatic rings. The summed E-state index contributed by atoms with van der Waals surface area (Å²) in [5.74, 6) is 0. The van der Waals surface area contributed by atoms with Gasteiger partial charge in [0.25, 0.3) is 10.6 Å². The Kier molecular flexibility index (Phi) is 12.7. The van der Waals surface area contributed by atoms with Crippen LogP contribution in [0.5, 0.6) is 0 Å². The lowest BCUT2D eigenvalue weighted by molar-refractivity contribution is -0.679. The number of anilines is 1. The van der Waals surface area contributed by atoms with Gasteiger partial charge in [0.1, 0.15) is 16.1 Å². The zero-order valence-corrected chi connectivity index (χ0v) is 32.6. The molecule has 12 heteroatoms. The third-order valence-corrected chi connectivity index (χ3v) is 12.0. The largest absolute Gasteiger partial charge is 0.726 e. The summed E-state index contributed by atoms with van der Waals surface area (Å²) in [5, 5.41) is 2.27. The topological polar surface area (TPSA) is 95.5 Å². The molecule has 266 valence electrons. The standard InChI is InChI=1S/C38H38N3OS3.CH4O4S/c1-6-21-40-30-23-26(4)27(5)24-32(30)44-33(40)20-19-31-38(42)41(22-7-2)35(43-31)25-34-39(8-3)36(28-15-11-9-12-16-28)37(45-34)29-17-13-10-14-18-29;1-5-6(2,3)4/h7,9-20,23-25H,2,6,8,21-22H2,1,3-5H3;1H3,(H,2,3,4)/q+1;/p-1. The molecule has 0 aliphatic carbocycles. The molecule has 0 unspecified atom stereocenters. The first kappa shape index (κ1) is 38.2. The monoisotopic (exact) mass is 759 g/mol. The summed E-state index contributed by atoms with van der Waals surface area (Å²) in [4.78, 5) is 18.7. The Balaban J connectivity index is 0.000000774. The van der Waals surface area contributed by atoms with E-state index in [2.05, 4.69) is 133 Å². The second kappa shape index (κ2) is 17.0. The maximum Gasteiger partial charge on any atom is 0.269 e. The van der Waals surface area contributed by atoms with Crippen LogP contribution in [0.3, 0.4) is 0 Å². The van der Waals surface area contributed by atoms with Gasteiger partial charge in [-0.25, -0.2) is 8.42 Å². The Labute approximate surface area is 312 Å².